The minimum Gasteiger partial charge on any atom is -0.409 e. The highest BCUT2D eigenvalue weighted by molar-refractivity contribution is 7.08. The molecule has 0 aliphatic heterocycles. The number of nitrogens with zero attached hydrogens (tertiary/aromatic N) is 1. The van der Waals surface area contributed by atoms with E-state index in [1.54, 1.807) is 5.38 Å². The predicted molar refractivity (Wildman–Crippen MR) is 59.4 cm³/mol. The second-order valence-electron chi connectivity index (χ2n) is 3.07. The Morgan fingerprint density at radius 2 is 2.40 bits per heavy atom. The van der Waals surface area contributed by atoms with Gasteiger partial charge in [0.05, 0.1) is 5.56 Å². The van der Waals surface area contributed by atoms with E-state index in [2.05, 4.69) is 10.5 Å². The molecule has 0 bridgehead atoms. The summed E-state index contributed by atoms with van der Waals surface area (Å²) in [5, 5.41) is 17.5. The van der Waals surface area contributed by atoms with Gasteiger partial charge in [0.15, 0.2) is 0 Å². The van der Waals surface area contributed by atoms with Gasteiger partial charge >= 0.3 is 0 Å². The van der Waals surface area contributed by atoms with Crippen molar-refractivity contribution in [2.45, 2.75) is 13.3 Å². The first-order valence-electron chi connectivity index (χ1n) is 4.42. The Morgan fingerprint density at radius 3 is 2.93 bits per heavy atom. The molecule has 0 saturated carbocycles. The first-order valence-corrected chi connectivity index (χ1v) is 5.37. The van der Waals surface area contributed by atoms with E-state index in [0.29, 0.717) is 18.5 Å². The van der Waals surface area contributed by atoms with Crippen LogP contribution in [0.3, 0.4) is 0 Å². The van der Waals surface area contributed by atoms with E-state index in [4.69, 9.17) is 10.9 Å². The van der Waals surface area contributed by atoms with Crippen molar-refractivity contribution < 1.29 is 10.0 Å². The van der Waals surface area contributed by atoms with Crippen LogP contribution < -0.4 is 11.1 Å². The van der Waals surface area contributed by atoms with Gasteiger partial charge in [-0.15, -0.1) is 0 Å². The molecule has 0 aliphatic carbocycles. The molecular weight excluding hydrogens is 214 g/mol. The van der Waals surface area contributed by atoms with Crippen LogP contribution in [0.4, 0.5) is 0 Å². The Balaban J connectivity index is 2.41. The number of aryl methyl sites for hydroxylation is 1. The largest absolute Gasteiger partial charge is 0.409 e. The molecule has 6 heteroatoms. The summed E-state index contributed by atoms with van der Waals surface area (Å²) in [6.45, 7) is 2.25. The van der Waals surface area contributed by atoms with E-state index in [9.17, 15) is 4.79 Å². The molecule has 0 aromatic carbocycles. The quantitative estimate of drug-likeness (QED) is 0.309. The third-order valence-electron chi connectivity index (χ3n) is 1.90. The van der Waals surface area contributed by atoms with Crippen LogP contribution in [0.5, 0.6) is 0 Å². The summed E-state index contributed by atoms with van der Waals surface area (Å²) in [4.78, 5) is 11.5. The van der Waals surface area contributed by atoms with Gasteiger partial charge in [0, 0.05) is 18.3 Å². The van der Waals surface area contributed by atoms with E-state index >= 15 is 0 Å². The highest BCUT2D eigenvalue weighted by Gasteiger charge is 2.08. The molecule has 82 valence electrons. The van der Waals surface area contributed by atoms with Crippen LogP contribution in [0.15, 0.2) is 15.9 Å². The molecule has 4 N–H and O–H groups in total. The van der Waals surface area contributed by atoms with Crippen molar-refractivity contribution in [1.82, 2.24) is 5.32 Å². The van der Waals surface area contributed by atoms with Crippen molar-refractivity contribution in [3.8, 4) is 0 Å². The van der Waals surface area contributed by atoms with Gasteiger partial charge < -0.3 is 16.3 Å². The lowest BCUT2D eigenvalue weighted by Gasteiger charge is -2.03. The Kier molecular flexibility index (Phi) is 4.11. The van der Waals surface area contributed by atoms with Gasteiger partial charge in [0.25, 0.3) is 5.91 Å². The topological polar surface area (TPSA) is 87.7 Å². The van der Waals surface area contributed by atoms with Gasteiger partial charge in [-0.2, -0.15) is 11.3 Å². The first-order chi connectivity index (χ1) is 7.15. The van der Waals surface area contributed by atoms with Gasteiger partial charge in [-0.3, -0.25) is 4.79 Å². The monoisotopic (exact) mass is 227 g/mol. The molecule has 0 aliphatic rings. The minimum atomic E-state index is -0.125. The summed E-state index contributed by atoms with van der Waals surface area (Å²) in [5.41, 5.74) is 6.90. The average molecular weight is 227 g/mol. The molecule has 1 amide bonds. The summed E-state index contributed by atoms with van der Waals surface area (Å²) in [7, 11) is 0. The van der Waals surface area contributed by atoms with Gasteiger partial charge in [-0.25, -0.2) is 0 Å². The molecule has 1 aromatic heterocycles. The second kappa shape index (κ2) is 5.35. The summed E-state index contributed by atoms with van der Waals surface area (Å²) in [5.74, 6) is -0.0168. The van der Waals surface area contributed by atoms with Crippen LogP contribution in [-0.2, 0) is 0 Å². The fourth-order valence-corrected chi connectivity index (χ4v) is 1.87. The number of carbonyl (C=O) groups excluding carboxylic acids is 1. The molecule has 0 saturated heterocycles. The highest BCUT2D eigenvalue weighted by atomic mass is 32.1. The molecule has 1 aromatic rings. The fraction of sp³-hybridized carbons (Fsp3) is 0.333. The van der Waals surface area contributed by atoms with E-state index in [0.717, 1.165) is 5.56 Å². The molecule has 15 heavy (non-hydrogen) atoms. The maximum absolute atomic E-state index is 11.5. The number of nitrogens with two attached hydrogens (primary N) is 1. The van der Waals surface area contributed by atoms with E-state index in [-0.39, 0.29) is 11.7 Å². The standard InChI is InChI=1S/C9H13N3O2S/c1-6-4-15-5-7(6)9(13)11-3-2-8(10)12-14/h4-5,14H,2-3H2,1H3,(H2,10,12)(H,11,13). The third kappa shape index (κ3) is 3.25. The van der Waals surface area contributed by atoms with Crippen LogP contribution in [-0.4, -0.2) is 23.5 Å². The summed E-state index contributed by atoms with van der Waals surface area (Å²) in [6, 6.07) is 0. The van der Waals surface area contributed by atoms with Gasteiger partial charge in [0.2, 0.25) is 0 Å². The smallest absolute Gasteiger partial charge is 0.252 e. The highest BCUT2D eigenvalue weighted by Crippen LogP contribution is 2.12. The molecule has 0 spiro atoms. The van der Waals surface area contributed by atoms with Crippen molar-refractivity contribution >= 4 is 23.1 Å². The number of oxime groups is 1. The van der Waals surface area contributed by atoms with Crippen molar-refractivity contribution in [2.24, 2.45) is 10.9 Å². The Labute approximate surface area is 91.6 Å². The average Bonchev–Trinajstić information content (AvgIpc) is 2.64. The molecule has 1 heterocycles. The number of nitrogens with one attached hydrogen (secondary N) is 1. The lowest BCUT2D eigenvalue weighted by molar-refractivity contribution is 0.0954. The number of carbonyl (C=O) groups is 1. The first kappa shape index (κ1) is 11.5. The van der Waals surface area contributed by atoms with Crippen LogP contribution >= 0.6 is 11.3 Å². The van der Waals surface area contributed by atoms with Crippen LogP contribution in [0.1, 0.15) is 22.3 Å². The van der Waals surface area contributed by atoms with Gasteiger partial charge in [0.1, 0.15) is 5.84 Å². The second-order valence-corrected chi connectivity index (χ2v) is 3.81. The van der Waals surface area contributed by atoms with Gasteiger partial charge in [-0.1, -0.05) is 5.16 Å². The molecule has 5 nitrogen and oxygen atoms in total. The van der Waals surface area contributed by atoms with E-state index < -0.39 is 0 Å². The van der Waals surface area contributed by atoms with Crippen molar-refractivity contribution in [2.75, 3.05) is 6.54 Å². The van der Waals surface area contributed by atoms with Crippen molar-refractivity contribution in [3.05, 3.63) is 21.9 Å². The van der Waals surface area contributed by atoms with Crippen molar-refractivity contribution in [1.29, 1.82) is 0 Å². The zero-order valence-corrected chi connectivity index (χ0v) is 9.17. The number of amides is 1. The minimum absolute atomic E-state index is 0.109. The molecular formula is C9H13N3O2S. The fourth-order valence-electron chi connectivity index (χ4n) is 1.04. The Morgan fingerprint density at radius 1 is 1.67 bits per heavy atom. The Bertz CT molecular complexity index is 373. The number of hydrogen-bond acceptors (Lipinski definition) is 4. The predicted octanol–water partition coefficient (Wildman–Crippen LogP) is 0.923. The van der Waals surface area contributed by atoms with Crippen LogP contribution in [0.25, 0.3) is 0 Å². The van der Waals surface area contributed by atoms with E-state index in [1.807, 2.05) is 12.3 Å². The molecule has 1 rings (SSSR count). The lowest BCUT2D eigenvalue weighted by atomic mass is 10.2. The number of hydrogen-bond donors (Lipinski definition) is 3. The van der Waals surface area contributed by atoms with Gasteiger partial charge in [-0.05, 0) is 17.9 Å². The SMILES string of the molecule is Cc1cscc1C(=O)NCCC(N)=NO. The van der Waals surface area contributed by atoms with E-state index in [1.165, 1.54) is 11.3 Å². The normalized spacial score (nSPS) is 11.4. The molecule has 0 fully saturated rings. The molecule has 0 atom stereocenters. The number of amidine groups is 1. The third-order valence-corrected chi connectivity index (χ3v) is 2.76. The maximum atomic E-state index is 11.5. The molecule has 0 unspecified atom stereocenters. The molecule has 0 radical (unpaired) electrons. The lowest BCUT2D eigenvalue weighted by Crippen LogP contribution is -2.28. The van der Waals surface area contributed by atoms with Crippen molar-refractivity contribution in [3.63, 3.8) is 0 Å². The number of thiophene rings is 1. The van der Waals surface area contributed by atoms with Crippen LogP contribution in [0, 0.1) is 6.92 Å². The summed E-state index contributed by atoms with van der Waals surface area (Å²) < 4.78 is 0. The zero-order chi connectivity index (χ0) is 11.3. The number of rotatable bonds is 4. The van der Waals surface area contributed by atoms with Crippen LogP contribution in [0.2, 0.25) is 0 Å². The maximum Gasteiger partial charge on any atom is 0.252 e. The zero-order valence-electron chi connectivity index (χ0n) is 8.36. The summed E-state index contributed by atoms with van der Waals surface area (Å²) >= 11 is 1.49. The Hall–Kier alpha value is -1.56. The summed E-state index contributed by atoms with van der Waals surface area (Å²) in [6.07, 6.45) is 0.339.